The third-order valence-corrected chi connectivity index (χ3v) is 5.72. The molecule has 0 bridgehead atoms. The summed E-state index contributed by atoms with van der Waals surface area (Å²) in [5.74, 6) is 0.316. The maximum atomic E-state index is 11.8. The molecule has 0 unspecified atom stereocenters. The number of rotatable bonds is 12. The van der Waals surface area contributed by atoms with Gasteiger partial charge in [-0.3, -0.25) is 4.79 Å². The summed E-state index contributed by atoms with van der Waals surface area (Å²) in [6, 6.07) is 21.0. The molecule has 3 aromatic carbocycles. The van der Waals surface area contributed by atoms with Crippen LogP contribution in [-0.2, 0) is 22.7 Å². The van der Waals surface area contributed by atoms with Gasteiger partial charge in [0.2, 0.25) is 0 Å². The first-order valence-corrected chi connectivity index (χ1v) is 12.0. The van der Waals surface area contributed by atoms with Crippen LogP contribution in [0.25, 0.3) is 11.1 Å². The molecule has 0 aliphatic heterocycles. The minimum absolute atomic E-state index is 0.0582. The van der Waals surface area contributed by atoms with Crippen LogP contribution in [0.3, 0.4) is 0 Å². The van der Waals surface area contributed by atoms with Crippen molar-refractivity contribution in [2.24, 2.45) is 0 Å². The number of methoxy groups -OCH3 is 1. The fourth-order valence-electron chi connectivity index (χ4n) is 3.81. The van der Waals surface area contributed by atoms with E-state index in [1.807, 2.05) is 43.3 Å². The molecule has 10 nitrogen and oxygen atoms in total. The van der Waals surface area contributed by atoms with Gasteiger partial charge < -0.3 is 24.1 Å². The van der Waals surface area contributed by atoms with Crippen molar-refractivity contribution >= 4 is 5.91 Å². The summed E-state index contributed by atoms with van der Waals surface area (Å²) >= 11 is 0. The number of ether oxygens (including phenoxy) is 3. The minimum Gasteiger partial charge on any atom is -0.489 e. The molecule has 0 atom stereocenters. The molecule has 0 fully saturated rings. The highest BCUT2D eigenvalue weighted by atomic mass is 16.5. The highest BCUT2D eigenvalue weighted by Crippen LogP contribution is 2.28. The molecule has 198 valence electrons. The van der Waals surface area contributed by atoms with Crippen molar-refractivity contribution < 1.29 is 23.5 Å². The van der Waals surface area contributed by atoms with E-state index in [2.05, 4.69) is 16.4 Å². The SMILES string of the molecule is COCCNC(=O)COc1ccc(-c2cccc(COc3ccc(Cn4oc(=O)[nH]c4=O)cc3)c2)c(C)c1. The lowest BCUT2D eigenvalue weighted by atomic mass is 9.99. The maximum Gasteiger partial charge on any atom is 0.440 e. The second-order valence-corrected chi connectivity index (χ2v) is 8.59. The molecule has 0 aliphatic carbocycles. The fourth-order valence-corrected chi connectivity index (χ4v) is 3.81. The van der Waals surface area contributed by atoms with E-state index in [1.165, 1.54) is 0 Å². The number of aryl methyl sites for hydroxylation is 1. The predicted octanol–water partition coefficient (Wildman–Crippen LogP) is 2.87. The molecular weight excluding hydrogens is 490 g/mol. The lowest BCUT2D eigenvalue weighted by Gasteiger charge is -2.12. The fraction of sp³-hybridized carbons (Fsp3) is 0.250. The predicted molar refractivity (Wildman–Crippen MR) is 140 cm³/mol. The number of amides is 1. The third-order valence-electron chi connectivity index (χ3n) is 5.72. The van der Waals surface area contributed by atoms with E-state index in [0.29, 0.717) is 31.3 Å². The van der Waals surface area contributed by atoms with Crippen molar-refractivity contribution in [1.82, 2.24) is 15.0 Å². The van der Waals surface area contributed by atoms with Crippen LogP contribution in [0.5, 0.6) is 11.5 Å². The maximum absolute atomic E-state index is 11.8. The number of carbonyl (C=O) groups is 1. The standard InChI is InChI=1S/C28H29N3O7/c1-19-14-24(37-18-26(32)29-12-13-35-2)10-11-25(19)22-5-3-4-21(15-22)17-36-23-8-6-20(7-9-23)16-31-27(33)30-28(34)38-31/h3-11,14-15H,12-13,16-18H2,1-2H3,(H,29,32)(H,30,33,34). The Balaban J connectivity index is 1.33. The van der Waals surface area contributed by atoms with Crippen molar-refractivity contribution in [2.45, 2.75) is 20.1 Å². The first-order valence-electron chi connectivity index (χ1n) is 12.0. The van der Waals surface area contributed by atoms with Crippen LogP contribution in [0, 0.1) is 6.92 Å². The number of nitrogens with one attached hydrogen (secondary N) is 2. The molecule has 0 aliphatic rings. The number of benzene rings is 3. The number of nitrogens with zero attached hydrogens (tertiary/aromatic N) is 1. The van der Waals surface area contributed by atoms with Gasteiger partial charge in [-0.1, -0.05) is 36.4 Å². The molecular formula is C28H29N3O7. The summed E-state index contributed by atoms with van der Waals surface area (Å²) in [5.41, 5.74) is 4.32. The van der Waals surface area contributed by atoms with Gasteiger partial charge in [0, 0.05) is 13.7 Å². The minimum atomic E-state index is -0.782. The lowest BCUT2D eigenvalue weighted by molar-refractivity contribution is -0.123. The van der Waals surface area contributed by atoms with Gasteiger partial charge in [-0.05, 0) is 65.1 Å². The molecule has 0 radical (unpaired) electrons. The van der Waals surface area contributed by atoms with Crippen LogP contribution in [0.15, 0.2) is 80.8 Å². The number of H-pyrrole nitrogens is 1. The van der Waals surface area contributed by atoms with Gasteiger partial charge in [0.15, 0.2) is 6.61 Å². The average molecular weight is 520 g/mol. The molecule has 1 amide bonds. The molecule has 1 aromatic heterocycles. The second-order valence-electron chi connectivity index (χ2n) is 8.59. The summed E-state index contributed by atoms with van der Waals surface area (Å²) in [6.07, 6.45) is 0. The van der Waals surface area contributed by atoms with E-state index in [9.17, 15) is 14.4 Å². The summed E-state index contributed by atoms with van der Waals surface area (Å²) in [7, 11) is 1.58. The second kappa shape index (κ2) is 12.6. The zero-order chi connectivity index (χ0) is 26.9. The molecule has 38 heavy (non-hydrogen) atoms. The molecule has 2 N–H and O–H groups in total. The van der Waals surface area contributed by atoms with Gasteiger partial charge in [-0.25, -0.2) is 14.6 Å². The van der Waals surface area contributed by atoms with E-state index in [-0.39, 0.29) is 19.1 Å². The van der Waals surface area contributed by atoms with Crippen LogP contribution in [0.4, 0.5) is 0 Å². The topological polar surface area (TPSA) is 125 Å². The van der Waals surface area contributed by atoms with Gasteiger partial charge in [-0.2, -0.15) is 0 Å². The number of carbonyl (C=O) groups excluding carboxylic acids is 1. The highest BCUT2D eigenvalue weighted by Gasteiger charge is 2.08. The largest absolute Gasteiger partial charge is 0.489 e. The Bertz CT molecular complexity index is 1490. The smallest absolute Gasteiger partial charge is 0.440 e. The third kappa shape index (κ3) is 7.23. The Hall–Kier alpha value is -4.57. The van der Waals surface area contributed by atoms with Crippen molar-refractivity contribution in [2.75, 3.05) is 26.9 Å². The van der Waals surface area contributed by atoms with Gasteiger partial charge in [-0.15, -0.1) is 4.74 Å². The van der Waals surface area contributed by atoms with E-state index >= 15 is 0 Å². The van der Waals surface area contributed by atoms with Crippen molar-refractivity contribution in [1.29, 1.82) is 0 Å². The average Bonchev–Trinajstić information content (AvgIpc) is 3.23. The number of hydrogen-bond donors (Lipinski definition) is 2. The highest BCUT2D eigenvalue weighted by molar-refractivity contribution is 5.77. The summed E-state index contributed by atoms with van der Waals surface area (Å²) in [5, 5.41) is 2.72. The first kappa shape index (κ1) is 26.5. The Kier molecular flexibility index (Phi) is 8.78. The Morgan fingerprint density at radius 1 is 0.974 bits per heavy atom. The molecule has 0 saturated carbocycles. The van der Waals surface area contributed by atoms with Crippen LogP contribution in [-0.4, -0.2) is 42.5 Å². The van der Waals surface area contributed by atoms with Gasteiger partial charge in [0.25, 0.3) is 5.91 Å². The molecule has 0 spiro atoms. The van der Waals surface area contributed by atoms with Gasteiger partial charge in [0.05, 0.1) is 13.2 Å². The van der Waals surface area contributed by atoms with Crippen molar-refractivity contribution in [3.63, 3.8) is 0 Å². The normalized spacial score (nSPS) is 10.8. The quantitative estimate of drug-likeness (QED) is 0.276. The first-order chi connectivity index (χ1) is 18.4. The van der Waals surface area contributed by atoms with E-state index in [4.69, 9.17) is 18.7 Å². The van der Waals surface area contributed by atoms with E-state index in [1.54, 1.807) is 31.4 Å². The zero-order valence-corrected chi connectivity index (χ0v) is 21.2. The number of aromatic nitrogens is 2. The molecule has 10 heteroatoms. The van der Waals surface area contributed by atoms with Crippen LogP contribution in [0.2, 0.25) is 0 Å². The summed E-state index contributed by atoms with van der Waals surface area (Å²) in [6.45, 7) is 3.35. The van der Waals surface area contributed by atoms with E-state index < -0.39 is 11.4 Å². The molecule has 0 saturated heterocycles. The zero-order valence-electron chi connectivity index (χ0n) is 21.2. The Labute approximate surface area is 218 Å². The van der Waals surface area contributed by atoms with Gasteiger partial charge in [0.1, 0.15) is 18.1 Å². The summed E-state index contributed by atoms with van der Waals surface area (Å²) < 4.78 is 22.2. The van der Waals surface area contributed by atoms with Crippen molar-refractivity contribution in [3.05, 3.63) is 104 Å². The van der Waals surface area contributed by atoms with Crippen LogP contribution >= 0.6 is 0 Å². The summed E-state index contributed by atoms with van der Waals surface area (Å²) in [4.78, 5) is 36.6. The molecule has 4 rings (SSSR count). The molecule has 1 heterocycles. The Morgan fingerprint density at radius 2 is 1.76 bits per heavy atom. The number of aromatic amines is 1. The van der Waals surface area contributed by atoms with Crippen LogP contribution < -0.4 is 26.2 Å². The van der Waals surface area contributed by atoms with Gasteiger partial charge >= 0.3 is 11.4 Å². The molecule has 4 aromatic rings. The van der Waals surface area contributed by atoms with Crippen LogP contribution in [0.1, 0.15) is 16.7 Å². The lowest BCUT2D eigenvalue weighted by Crippen LogP contribution is -2.31. The monoisotopic (exact) mass is 519 g/mol. The van der Waals surface area contributed by atoms with E-state index in [0.717, 1.165) is 32.6 Å². The van der Waals surface area contributed by atoms with Crippen molar-refractivity contribution in [3.8, 4) is 22.6 Å². The number of hydrogen-bond acceptors (Lipinski definition) is 7. The Morgan fingerprint density at radius 3 is 2.47 bits per heavy atom.